The lowest BCUT2D eigenvalue weighted by Crippen LogP contribution is -2.40. The molecule has 0 aromatic rings. The molecule has 0 aromatic heterocycles. The molecule has 0 N–H and O–H groups in total. The van der Waals surface area contributed by atoms with Gasteiger partial charge in [-0.1, -0.05) is 19.3 Å². The smallest absolute Gasteiger partial charge is 0.0500 e. The maximum absolute atomic E-state index is 5.65. The van der Waals surface area contributed by atoms with Crippen LogP contribution >= 0.6 is 0 Å². The Morgan fingerprint density at radius 3 is 1.75 bits per heavy atom. The maximum atomic E-state index is 5.65. The molecular formula is C14H24O2. The van der Waals surface area contributed by atoms with E-state index in [-0.39, 0.29) is 0 Å². The Morgan fingerprint density at radius 2 is 1.31 bits per heavy atom. The summed E-state index contributed by atoms with van der Waals surface area (Å²) in [5.41, 5.74) is 0.589. The topological polar surface area (TPSA) is 18.5 Å². The Hall–Kier alpha value is -0.0800. The van der Waals surface area contributed by atoms with Gasteiger partial charge in [0.15, 0.2) is 0 Å². The van der Waals surface area contributed by atoms with Crippen molar-refractivity contribution in [1.29, 1.82) is 0 Å². The van der Waals surface area contributed by atoms with E-state index >= 15 is 0 Å². The van der Waals surface area contributed by atoms with Crippen molar-refractivity contribution in [3.63, 3.8) is 0 Å². The molecule has 2 nitrogen and oxygen atoms in total. The monoisotopic (exact) mass is 224 g/mol. The average molecular weight is 224 g/mol. The van der Waals surface area contributed by atoms with Crippen LogP contribution < -0.4 is 0 Å². The van der Waals surface area contributed by atoms with Crippen molar-refractivity contribution in [3.8, 4) is 0 Å². The summed E-state index contributed by atoms with van der Waals surface area (Å²) in [6.07, 6.45) is 9.81. The molecule has 3 rings (SSSR count). The molecule has 1 aliphatic carbocycles. The van der Waals surface area contributed by atoms with Gasteiger partial charge < -0.3 is 9.47 Å². The third-order valence-electron chi connectivity index (χ3n) is 5.27. The highest BCUT2D eigenvalue weighted by Gasteiger charge is 2.47. The van der Waals surface area contributed by atoms with Gasteiger partial charge in [0.1, 0.15) is 0 Å². The molecule has 92 valence electrons. The summed E-state index contributed by atoms with van der Waals surface area (Å²) >= 11 is 0. The van der Waals surface area contributed by atoms with E-state index in [2.05, 4.69) is 0 Å². The van der Waals surface area contributed by atoms with Gasteiger partial charge in [0, 0.05) is 13.2 Å². The van der Waals surface area contributed by atoms with Gasteiger partial charge in [0.2, 0.25) is 0 Å². The van der Waals surface area contributed by atoms with Crippen LogP contribution in [-0.2, 0) is 9.47 Å². The van der Waals surface area contributed by atoms with Crippen molar-refractivity contribution in [2.75, 3.05) is 26.4 Å². The van der Waals surface area contributed by atoms with E-state index in [4.69, 9.17) is 9.47 Å². The fourth-order valence-electron chi connectivity index (χ4n) is 4.34. The minimum atomic E-state index is 0.589. The van der Waals surface area contributed by atoms with Crippen LogP contribution in [0, 0.1) is 17.3 Å². The van der Waals surface area contributed by atoms with Crippen molar-refractivity contribution in [3.05, 3.63) is 0 Å². The van der Waals surface area contributed by atoms with Gasteiger partial charge in [-0.25, -0.2) is 0 Å². The van der Waals surface area contributed by atoms with E-state index in [0.717, 1.165) is 38.3 Å². The van der Waals surface area contributed by atoms with E-state index < -0.39 is 0 Å². The number of hydrogen-bond donors (Lipinski definition) is 0. The molecule has 0 spiro atoms. The highest BCUT2D eigenvalue weighted by Crippen LogP contribution is 2.53. The molecule has 0 bridgehead atoms. The van der Waals surface area contributed by atoms with Gasteiger partial charge in [0.25, 0.3) is 0 Å². The third kappa shape index (κ3) is 1.80. The van der Waals surface area contributed by atoms with Crippen molar-refractivity contribution in [2.45, 2.75) is 44.9 Å². The third-order valence-corrected chi connectivity index (χ3v) is 5.27. The quantitative estimate of drug-likeness (QED) is 0.718. The lowest BCUT2D eigenvalue weighted by molar-refractivity contribution is 0.0109. The normalized spacial score (nSPS) is 39.0. The van der Waals surface area contributed by atoms with E-state index in [1.54, 1.807) is 0 Å². The fraction of sp³-hybridized carbons (Fsp3) is 1.00. The summed E-state index contributed by atoms with van der Waals surface area (Å²) in [7, 11) is 0. The summed E-state index contributed by atoms with van der Waals surface area (Å²) in [6.45, 7) is 4.05. The number of hydrogen-bond acceptors (Lipinski definition) is 2. The van der Waals surface area contributed by atoms with Crippen LogP contribution in [0.25, 0.3) is 0 Å². The molecule has 2 heteroatoms. The molecule has 0 radical (unpaired) electrons. The largest absolute Gasteiger partial charge is 0.381 e. The van der Waals surface area contributed by atoms with E-state index in [1.807, 2.05) is 0 Å². The SMILES string of the molecule is C1CCC(C2CCOC2)(C2CCOC2)CC1. The van der Waals surface area contributed by atoms with Crippen molar-refractivity contribution in [1.82, 2.24) is 0 Å². The first kappa shape index (κ1) is 11.0. The van der Waals surface area contributed by atoms with E-state index in [0.29, 0.717) is 5.41 Å². The van der Waals surface area contributed by atoms with Crippen LogP contribution in [0.15, 0.2) is 0 Å². The van der Waals surface area contributed by atoms with Crippen LogP contribution in [0.4, 0.5) is 0 Å². The molecular weight excluding hydrogens is 200 g/mol. The maximum Gasteiger partial charge on any atom is 0.0500 e. The molecule has 2 heterocycles. The van der Waals surface area contributed by atoms with Crippen molar-refractivity contribution < 1.29 is 9.47 Å². The van der Waals surface area contributed by atoms with Crippen LogP contribution in [-0.4, -0.2) is 26.4 Å². The predicted octanol–water partition coefficient (Wildman–Crippen LogP) is 3.01. The predicted molar refractivity (Wildman–Crippen MR) is 63.4 cm³/mol. The second-order valence-corrected chi connectivity index (χ2v) is 5.91. The highest BCUT2D eigenvalue weighted by atomic mass is 16.5. The zero-order chi connectivity index (χ0) is 10.8. The standard InChI is InChI=1S/C14H24O2/c1-2-6-14(7-3-1,12-4-8-15-10-12)13-5-9-16-11-13/h12-13H,1-11H2. The van der Waals surface area contributed by atoms with Crippen LogP contribution in [0.1, 0.15) is 44.9 Å². The first-order valence-electron chi connectivity index (χ1n) is 7.07. The van der Waals surface area contributed by atoms with Gasteiger partial charge in [0.05, 0.1) is 13.2 Å². The van der Waals surface area contributed by atoms with Gasteiger partial charge in [-0.15, -0.1) is 0 Å². The number of rotatable bonds is 2. The van der Waals surface area contributed by atoms with Crippen LogP contribution in [0.3, 0.4) is 0 Å². The summed E-state index contributed by atoms with van der Waals surface area (Å²) in [5.74, 6) is 1.67. The van der Waals surface area contributed by atoms with E-state index in [9.17, 15) is 0 Å². The van der Waals surface area contributed by atoms with Gasteiger partial charge in [-0.05, 0) is 42.9 Å². The first-order valence-corrected chi connectivity index (χ1v) is 7.07. The average Bonchev–Trinajstić information content (AvgIpc) is 3.04. The van der Waals surface area contributed by atoms with Crippen molar-refractivity contribution in [2.24, 2.45) is 17.3 Å². The molecule has 0 amide bonds. The molecule has 2 saturated heterocycles. The zero-order valence-electron chi connectivity index (χ0n) is 10.2. The van der Waals surface area contributed by atoms with Gasteiger partial charge >= 0.3 is 0 Å². The second kappa shape index (κ2) is 4.66. The van der Waals surface area contributed by atoms with Gasteiger partial charge in [-0.2, -0.15) is 0 Å². The first-order chi connectivity index (χ1) is 7.92. The Kier molecular flexibility index (Phi) is 3.21. The Bertz CT molecular complexity index is 203. The van der Waals surface area contributed by atoms with E-state index in [1.165, 1.54) is 44.9 Å². The summed E-state index contributed by atoms with van der Waals surface area (Å²) in [5, 5.41) is 0. The Balaban J connectivity index is 1.79. The lowest BCUT2D eigenvalue weighted by atomic mass is 9.58. The molecule has 3 aliphatic rings. The van der Waals surface area contributed by atoms with Gasteiger partial charge in [-0.3, -0.25) is 0 Å². The highest BCUT2D eigenvalue weighted by molar-refractivity contribution is 4.96. The second-order valence-electron chi connectivity index (χ2n) is 5.91. The lowest BCUT2D eigenvalue weighted by Gasteiger charge is -2.46. The number of ether oxygens (including phenoxy) is 2. The Labute approximate surface area is 98.7 Å². The van der Waals surface area contributed by atoms with Crippen molar-refractivity contribution >= 4 is 0 Å². The molecule has 0 aromatic carbocycles. The molecule has 1 saturated carbocycles. The molecule has 16 heavy (non-hydrogen) atoms. The minimum Gasteiger partial charge on any atom is -0.381 e. The summed E-state index contributed by atoms with van der Waals surface area (Å²) < 4.78 is 11.3. The summed E-state index contributed by atoms with van der Waals surface area (Å²) in [6, 6.07) is 0. The molecule has 2 unspecified atom stereocenters. The minimum absolute atomic E-state index is 0.589. The fourth-order valence-corrected chi connectivity index (χ4v) is 4.34. The molecule has 2 aliphatic heterocycles. The molecule has 3 fully saturated rings. The summed E-state index contributed by atoms with van der Waals surface area (Å²) in [4.78, 5) is 0. The Morgan fingerprint density at radius 1 is 0.750 bits per heavy atom. The zero-order valence-corrected chi connectivity index (χ0v) is 10.2. The molecule has 2 atom stereocenters. The van der Waals surface area contributed by atoms with Crippen LogP contribution in [0.2, 0.25) is 0 Å². The van der Waals surface area contributed by atoms with Crippen LogP contribution in [0.5, 0.6) is 0 Å².